The second kappa shape index (κ2) is 3.90. The molecule has 0 radical (unpaired) electrons. The minimum Gasteiger partial charge on any atom is -0.480 e. The maximum atomic E-state index is 10.8. The number of carbonyl (C=O) groups is 2. The van der Waals surface area contributed by atoms with Crippen molar-refractivity contribution in [2.24, 2.45) is 0 Å². The van der Waals surface area contributed by atoms with Gasteiger partial charge in [-0.15, -0.1) is 6.58 Å². The van der Waals surface area contributed by atoms with Crippen LogP contribution in [0.2, 0.25) is 0 Å². The molecule has 0 spiro atoms. The molecule has 3 N–H and O–H groups in total. The molecule has 0 aromatic rings. The molecule has 6 heteroatoms. The van der Waals surface area contributed by atoms with Crippen LogP contribution in [-0.2, 0) is 4.79 Å². The molecule has 0 aromatic carbocycles. The van der Waals surface area contributed by atoms with Gasteiger partial charge in [0.05, 0.1) is 12.1 Å². The van der Waals surface area contributed by atoms with Crippen LogP contribution in [0.15, 0.2) is 12.7 Å². The summed E-state index contributed by atoms with van der Waals surface area (Å²) in [6, 6.07) is -1.17. The van der Waals surface area contributed by atoms with E-state index in [2.05, 4.69) is 6.58 Å². The van der Waals surface area contributed by atoms with Crippen molar-refractivity contribution in [2.75, 3.05) is 6.54 Å². The molecule has 1 heterocycles. The minimum atomic E-state index is -1.33. The number of nitrogens with zero attached hydrogens (tertiary/aromatic N) is 1. The highest BCUT2D eigenvalue weighted by Crippen LogP contribution is 2.30. The third-order valence-corrected chi connectivity index (χ3v) is 2.47. The zero-order valence-electron chi connectivity index (χ0n) is 8.09. The molecule has 1 amide bonds. The number of carboxylic acids is 1. The predicted octanol–water partition coefficient (Wildman–Crippen LogP) is 0.130. The van der Waals surface area contributed by atoms with Crippen molar-refractivity contribution in [3.8, 4) is 0 Å². The number of hydrogen-bond acceptors (Lipinski definition) is 3. The summed E-state index contributed by atoms with van der Waals surface area (Å²) in [4.78, 5) is 22.2. The molecule has 1 aliphatic rings. The van der Waals surface area contributed by atoms with E-state index in [0.29, 0.717) is 0 Å². The smallest absolute Gasteiger partial charge is 0.408 e. The van der Waals surface area contributed by atoms with Crippen LogP contribution in [0.5, 0.6) is 0 Å². The summed E-state index contributed by atoms with van der Waals surface area (Å²) in [5.74, 6) is -1.24. The van der Waals surface area contributed by atoms with Crippen LogP contribution in [0.1, 0.15) is 12.8 Å². The summed E-state index contributed by atoms with van der Waals surface area (Å²) < 4.78 is 0. The Kier molecular flexibility index (Phi) is 2.99. The maximum Gasteiger partial charge on any atom is 0.408 e. The fourth-order valence-corrected chi connectivity index (χ4v) is 1.80. The maximum absolute atomic E-state index is 10.8. The molecular weight excluding hydrogens is 202 g/mol. The second-order valence-corrected chi connectivity index (χ2v) is 3.69. The molecule has 1 fully saturated rings. The molecular formula is C9H13NO5. The molecule has 84 valence electrons. The summed E-state index contributed by atoms with van der Waals surface area (Å²) >= 11 is 0. The van der Waals surface area contributed by atoms with E-state index in [-0.39, 0.29) is 19.4 Å². The number of aliphatic hydroxyl groups is 1. The fraction of sp³-hybridized carbons (Fsp3) is 0.556. The van der Waals surface area contributed by atoms with E-state index in [1.54, 1.807) is 0 Å². The highest BCUT2D eigenvalue weighted by molar-refractivity contribution is 5.80. The monoisotopic (exact) mass is 215 g/mol. The molecule has 2 atom stereocenters. The molecule has 0 aliphatic carbocycles. The Morgan fingerprint density at radius 1 is 1.53 bits per heavy atom. The van der Waals surface area contributed by atoms with Gasteiger partial charge in [0.2, 0.25) is 0 Å². The average molecular weight is 215 g/mol. The number of hydrogen-bond donors (Lipinski definition) is 3. The number of rotatable bonds is 3. The van der Waals surface area contributed by atoms with E-state index in [1.165, 1.54) is 6.08 Å². The Morgan fingerprint density at radius 2 is 2.13 bits per heavy atom. The minimum absolute atomic E-state index is 0.0966. The highest BCUT2D eigenvalue weighted by Gasteiger charge is 2.47. The van der Waals surface area contributed by atoms with Crippen molar-refractivity contribution < 1.29 is 24.9 Å². The molecule has 6 nitrogen and oxygen atoms in total. The van der Waals surface area contributed by atoms with Crippen molar-refractivity contribution >= 4 is 12.1 Å². The molecule has 0 saturated carbocycles. The molecule has 15 heavy (non-hydrogen) atoms. The van der Waals surface area contributed by atoms with Crippen LogP contribution in [0.25, 0.3) is 0 Å². The number of β-amino-alcohol motifs (C(OH)–C–C–N with tert-alkyl or cyclic N) is 1. The molecule has 0 bridgehead atoms. The van der Waals surface area contributed by atoms with Gasteiger partial charge in [-0.2, -0.15) is 0 Å². The Hall–Kier alpha value is -1.56. The molecule has 2 unspecified atom stereocenters. The highest BCUT2D eigenvalue weighted by atomic mass is 16.4. The summed E-state index contributed by atoms with van der Waals surface area (Å²) in [6.07, 6.45) is 0.202. The van der Waals surface area contributed by atoms with Gasteiger partial charge < -0.3 is 15.3 Å². The lowest BCUT2D eigenvalue weighted by atomic mass is 9.96. The van der Waals surface area contributed by atoms with Gasteiger partial charge in [-0.05, 0) is 6.42 Å². The van der Waals surface area contributed by atoms with Crippen molar-refractivity contribution in [3.63, 3.8) is 0 Å². The van der Waals surface area contributed by atoms with Crippen LogP contribution in [-0.4, -0.2) is 50.5 Å². The summed E-state index contributed by atoms with van der Waals surface area (Å²) in [7, 11) is 0. The first kappa shape index (κ1) is 11.5. The van der Waals surface area contributed by atoms with Gasteiger partial charge in [0, 0.05) is 6.42 Å². The predicted molar refractivity (Wildman–Crippen MR) is 50.5 cm³/mol. The molecule has 1 aliphatic heterocycles. The lowest BCUT2D eigenvalue weighted by Gasteiger charge is -2.20. The summed E-state index contributed by atoms with van der Waals surface area (Å²) in [5, 5.41) is 27.4. The normalized spacial score (nSPS) is 30.2. The number of likely N-dealkylation sites (tertiary alicyclic amines) is 1. The van der Waals surface area contributed by atoms with Crippen LogP contribution in [0.4, 0.5) is 4.79 Å². The van der Waals surface area contributed by atoms with Crippen LogP contribution < -0.4 is 0 Å². The van der Waals surface area contributed by atoms with E-state index < -0.39 is 23.7 Å². The van der Waals surface area contributed by atoms with Crippen molar-refractivity contribution in [3.05, 3.63) is 12.7 Å². The number of carboxylic acid groups (broad SMARTS) is 2. The van der Waals surface area contributed by atoms with Crippen LogP contribution >= 0.6 is 0 Å². The van der Waals surface area contributed by atoms with Crippen LogP contribution in [0.3, 0.4) is 0 Å². The second-order valence-electron chi connectivity index (χ2n) is 3.69. The largest absolute Gasteiger partial charge is 0.480 e. The van der Waals surface area contributed by atoms with Gasteiger partial charge in [-0.1, -0.05) is 6.08 Å². The van der Waals surface area contributed by atoms with Gasteiger partial charge in [0.15, 0.2) is 0 Å². The van der Waals surface area contributed by atoms with Gasteiger partial charge in [-0.25, -0.2) is 9.59 Å². The van der Waals surface area contributed by atoms with E-state index in [1.807, 2.05) is 0 Å². The van der Waals surface area contributed by atoms with E-state index in [0.717, 1.165) is 4.90 Å². The van der Waals surface area contributed by atoms with Gasteiger partial charge in [0.25, 0.3) is 0 Å². The standard InChI is InChI=1S/C9H13NO5/c1-2-3-9(15)4-6(7(11)12)10(5-9)8(13)14/h2,6,15H,1,3-5H2,(H,11,12)(H,13,14). The molecule has 0 aromatic heterocycles. The summed E-state index contributed by atoms with van der Waals surface area (Å²) in [6.45, 7) is 3.25. The topological polar surface area (TPSA) is 98.1 Å². The zero-order valence-corrected chi connectivity index (χ0v) is 8.09. The quantitative estimate of drug-likeness (QED) is 0.581. The number of aliphatic carboxylic acids is 1. The van der Waals surface area contributed by atoms with Crippen LogP contribution in [0, 0.1) is 0 Å². The SMILES string of the molecule is C=CCC1(O)CC(C(=O)O)N(C(=O)O)C1. The van der Waals surface area contributed by atoms with E-state index >= 15 is 0 Å². The zero-order chi connectivity index (χ0) is 11.6. The average Bonchev–Trinajstić information content (AvgIpc) is 2.44. The van der Waals surface area contributed by atoms with E-state index in [9.17, 15) is 14.7 Å². The fourth-order valence-electron chi connectivity index (χ4n) is 1.80. The first-order chi connectivity index (χ1) is 6.89. The lowest BCUT2D eigenvalue weighted by molar-refractivity contribution is -0.141. The molecule has 1 saturated heterocycles. The Bertz CT molecular complexity index is 279. The first-order valence-corrected chi connectivity index (χ1v) is 4.45. The van der Waals surface area contributed by atoms with Gasteiger partial charge in [0.1, 0.15) is 6.04 Å². The Labute approximate surface area is 86.4 Å². The van der Waals surface area contributed by atoms with Crippen molar-refractivity contribution in [1.29, 1.82) is 0 Å². The third-order valence-electron chi connectivity index (χ3n) is 2.47. The lowest BCUT2D eigenvalue weighted by Crippen LogP contribution is -2.40. The Morgan fingerprint density at radius 3 is 2.47 bits per heavy atom. The summed E-state index contributed by atoms with van der Waals surface area (Å²) in [5.41, 5.74) is -1.30. The van der Waals surface area contributed by atoms with Gasteiger partial charge in [-0.3, -0.25) is 4.90 Å². The van der Waals surface area contributed by atoms with E-state index in [4.69, 9.17) is 10.2 Å². The van der Waals surface area contributed by atoms with Crippen molar-refractivity contribution in [1.82, 2.24) is 4.90 Å². The Balaban J connectivity index is 2.86. The number of amides is 1. The third kappa shape index (κ3) is 2.27. The van der Waals surface area contributed by atoms with Gasteiger partial charge >= 0.3 is 12.1 Å². The first-order valence-electron chi connectivity index (χ1n) is 4.45. The van der Waals surface area contributed by atoms with Crippen molar-refractivity contribution in [2.45, 2.75) is 24.5 Å². The molecule has 1 rings (SSSR count).